The van der Waals surface area contributed by atoms with Crippen molar-refractivity contribution in [3.05, 3.63) is 21.3 Å². The molecule has 1 aromatic heterocycles. The molecule has 2 rings (SSSR count). The molecule has 1 saturated carbocycles. The zero-order valence-electron chi connectivity index (χ0n) is 7.91. The minimum Gasteiger partial charge on any atom is -0.373 e. The van der Waals surface area contributed by atoms with E-state index in [0.717, 1.165) is 23.6 Å². The van der Waals surface area contributed by atoms with Crippen molar-refractivity contribution < 1.29 is 4.74 Å². The summed E-state index contributed by atoms with van der Waals surface area (Å²) in [5.41, 5.74) is 5.80. The Balaban J connectivity index is 1.77. The van der Waals surface area contributed by atoms with E-state index in [4.69, 9.17) is 22.1 Å². The molecular weight excluding hydrogens is 218 g/mol. The molecule has 2 unspecified atom stereocenters. The summed E-state index contributed by atoms with van der Waals surface area (Å²) in [6, 6.07) is 4.26. The third-order valence-electron chi connectivity index (χ3n) is 2.52. The van der Waals surface area contributed by atoms with Crippen LogP contribution in [0.3, 0.4) is 0 Å². The second kappa shape index (κ2) is 4.62. The molecule has 1 fully saturated rings. The van der Waals surface area contributed by atoms with Crippen molar-refractivity contribution in [2.45, 2.75) is 38.0 Å². The molecule has 14 heavy (non-hydrogen) atoms. The van der Waals surface area contributed by atoms with Crippen LogP contribution in [0.4, 0.5) is 0 Å². The zero-order valence-corrected chi connectivity index (χ0v) is 9.48. The summed E-state index contributed by atoms with van der Waals surface area (Å²) in [5.74, 6) is 0. The summed E-state index contributed by atoms with van der Waals surface area (Å²) in [6.45, 7) is 0.675. The van der Waals surface area contributed by atoms with Gasteiger partial charge < -0.3 is 10.5 Å². The maximum Gasteiger partial charge on any atom is 0.0932 e. The molecule has 78 valence electrons. The summed E-state index contributed by atoms with van der Waals surface area (Å²) in [6.07, 6.45) is 3.54. The Morgan fingerprint density at radius 2 is 2.36 bits per heavy atom. The van der Waals surface area contributed by atoms with E-state index in [1.165, 1.54) is 4.88 Å². The molecule has 1 aliphatic rings. The minimum atomic E-state index is 0.340. The van der Waals surface area contributed by atoms with Crippen molar-refractivity contribution in [3.8, 4) is 0 Å². The first-order chi connectivity index (χ1) is 6.74. The highest BCUT2D eigenvalue weighted by Crippen LogP contribution is 2.25. The van der Waals surface area contributed by atoms with Gasteiger partial charge in [0.2, 0.25) is 0 Å². The molecule has 2 nitrogen and oxygen atoms in total. The third-order valence-corrected chi connectivity index (χ3v) is 3.72. The highest BCUT2D eigenvalue weighted by Gasteiger charge is 2.22. The number of rotatable bonds is 3. The van der Waals surface area contributed by atoms with Crippen LogP contribution in [0.1, 0.15) is 24.1 Å². The molecule has 1 aromatic rings. The normalized spacial score (nSPS) is 27.0. The van der Waals surface area contributed by atoms with E-state index in [1.807, 2.05) is 12.1 Å². The fourth-order valence-electron chi connectivity index (χ4n) is 1.75. The summed E-state index contributed by atoms with van der Waals surface area (Å²) in [5, 5.41) is 0. The summed E-state index contributed by atoms with van der Waals surface area (Å²) < 4.78 is 6.57. The van der Waals surface area contributed by atoms with Crippen molar-refractivity contribution in [2.75, 3.05) is 0 Å². The molecule has 1 aliphatic carbocycles. The number of nitrogens with two attached hydrogens (primary N) is 1. The molecular formula is C10H14ClNOS. The monoisotopic (exact) mass is 231 g/mol. The Hall–Kier alpha value is -0.0900. The standard InChI is InChI=1S/C10H14ClNOS/c11-10-4-3-9(14-10)6-13-8-2-1-7(12)5-8/h3-4,7-8H,1-2,5-6,12H2. The van der Waals surface area contributed by atoms with Gasteiger partial charge in [0.25, 0.3) is 0 Å². The number of halogens is 1. The Labute approximate surface area is 93.0 Å². The van der Waals surface area contributed by atoms with Crippen LogP contribution in [0.5, 0.6) is 0 Å². The van der Waals surface area contributed by atoms with Gasteiger partial charge in [-0.1, -0.05) is 11.6 Å². The molecule has 0 aliphatic heterocycles. The van der Waals surface area contributed by atoms with Crippen LogP contribution in [-0.2, 0) is 11.3 Å². The van der Waals surface area contributed by atoms with Gasteiger partial charge in [-0.15, -0.1) is 11.3 Å². The highest BCUT2D eigenvalue weighted by atomic mass is 35.5. The van der Waals surface area contributed by atoms with Crippen LogP contribution in [0.2, 0.25) is 4.34 Å². The van der Waals surface area contributed by atoms with Crippen LogP contribution in [0, 0.1) is 0 Å². The molecule has 0 saturated heterocycles. The molecule has 0 radical (unpaired) electrons. The van der Waals surface area contributed by atoms with Gasteiger partial charge in [0.05, 0.1) is 17.0 Å². The van der Waals surface area contributed by atoms with Gasteiger partial charge in [-0.2, -0.15) is 0 Å². The lowest BCUT2D eigenvalue weighted by atomic mass is 10.3. The van der Waals surface area contributed by atoms with Crippen LogP contribution in [0.25, 0.3) is 0 Å². The molecule has 0 aromatic carbocycles. The topological polar surface area (TPSA) is 35.2 Å². The van der Waals surface area contributed by atoms with Crippen molar-refractivity contribution in [3.63, 3.8) is 0 Å². The average Bonchev–Trinajstić information content (AvgIpc) is 2.72. The Morgan fingerprint density at radius 1 is 1.50 bits per heavy atom. The van der Waals surface area contributed by atoms with Gasteiger partial charge in [0.15, 0.2) is 0 Å². The number of ether oxygens (including phenoxy) is 1. The maximum atomic E-state index is 5.82. The maximum absolute atomic E-state index is 5.82. The van der Waals surface area contributed by atoms with Gasteiger partial charge in [0, 0.05) is 10.9 Å². The fraction of sp³-hybridized carbons (Fsp3) is 0.600. The summed E-state index contributed by atoms with van der Waals surface area (Å²) in [4.78, 5) is 1.19. The van der Waals surface area contributed by atoms with E-state index >= 15 is 0 Å². The second-order valence-electron chi connectivity index (χ2n) is 3.71. The SMILES string of the molecule is NC1CCC(OCc2ccc(Cl)s2)C1. The predicted molar refractivity (Wildman–Crippen MR) is 59.7 cm³/mol. The van der Waals surface area contributed by atoms with Crippen LogP contribution in [-0.4, -0.2) is 12.1 Å². The first-order valence-electron chi connectivity index (χ1n) is 4.85. The number of thiophene rings is 1. The van der Waals surface area contributed by atoms with E-state index in [-0.39, 0.29) is 0 Å². The Bertz CT molecular complexity index is 302. The lowest BCUT2D eigenvalue weighted by Crippen LogP contribution is -2.17. The largest absolute Gasteiger partial charge is 0.373 e. The van der Waals surface area contributed by atoms with Gasteiger partial charge in [-0.05, 0) is 31.4 Å². The lowest BCUT2D eigenvalue weighted by molar-refractivity contribution is 0.0464. The highest BCUT2D eigenvalue weighted by molar-refractivity contribution is 7.16. The molecule has 4 heteroatoms. The lowest BCUT2D eigenvalue weighted by Gasteiger charge is -2.09. The van der Waals surface area contributed by atoms with Crippen molar-refractivity contribution >= 4 is 22.9 Å². The van der Waals surface area contributed by atoms with Crippen molar-refractivity contribution in [2.24, 2.45) is 5.73 Å². The quantitative estimate of drug-likeness (QED) is 0.868. The molecule has 0 bridgehead atoms. The van der Waals surface area contributed by atoms with E-state index in [0.29, 0.717) is 18.8 Å². The van der Waals surface area contributed by atoms with Gasteiger partial charge in [0.1, 0.15) is 0 Å². The van der Waals surface area contributed by atoms with E-state index in [2.05, 4.69) is 0 Å². The summed E-state index contributed by atoms with van der Waals surface area (Å²) >= 11 is 7.40. The Kier molecular flexibility index (Phi) is 3.44. The smallest absolute Gasteiger partial charge is 0.0932 e. The predicted octanol–water partition coefficient (Wildman–Crippen LogP) is 2.80. The molecule has 1 heterocycles. The first kappa shape index (κ1) is 10.4. The van der Waals surface area contributed by atoms with Crippen LogP contribution in [0.15, 0.2) is 12.1 Å². The summed E-state index contributed by atoms with van der Waals surface area (Å²) in [7, 11) is 0. The number of hydrogen-bond donors (Lipinski definition) is 1. The van der Waals surface area contributed by atoms with Crippen LogP contribution < -0.4 is 5.73 Å². The fourth-order valence-corrected chi connectivity index (χ4v) is 2.76. The molecule has 2 atom stereocenters. The Morgan fingerprint density at radius 3 is 2.93 bits per heavy atom. The van der Waals surface area contributed by atoms with Gasteiger partial charge in [-0.25, -0.2) is 0 Å². The second-order valence-corrected chi connectivity index (χ2v) is 5.51. The van der Waals surface area contributed by atoms with E-state index < -0.39 is 0 Å². The van der Waals surface area contributed by atoms with E-state index in [1.54, 1.807) is 11.3 Å². The molecule has 0 amide bonds. The average molecular weight is 232 g/mol. The van der Waals surface area contributed by atoms with Crippen molar-refractivity contribution in [1.82, 2.24) is 0 Å². The van der Waals surface area contributed by atoms with Gasteiger partial charge >= 0.3 is 0 Å². The van der Waals surface area contributed by atoms with Crippen molar-refractivity contribution in [1.29, 1.82) is 0 Å². The van der Waals surface area contributed by atoms with Gasteiger partial charge in [-0.3, -0.25) is 0 Å². The molecule has 2 N–H and O–H groups in total. The first-order valence-corrected chi connectivity index (χ1v) is 6.05. The van der Waals surface area contributed by atoms with Crippen LogP contribution >= 0.6 is 22.9 Å². The number of hydrogen-bond acceptors (Lipinski definition) is 3. The molecule has 0 spiro atoms. The minimum absolute atomic E-state index is 0.340. The third kappa shape index (κ3) is 2.70. The zero-order chi connectivity index (χ0) is 9.97. The van der Waals surface area contributed by atoms with E-state index in [9.17, 15) is 0 Å².